The number of aryl methyl sites for hydroxylation is 2. The quantitative estimate of drug-likeness (QED) is 0.377. The first-order chi connectivity index (χ1) is 15.2. The Morgan fingerprint density at radius 3 is 2.58 bits per heavy atom. The summed E-state index contributed by atoms with van der Waals surface area (Å²) in [6, 6.07) is 22.6. The summed E-state index contributed by atoms with van der Waals surface area (Å²) in [5.41, 5.74) is 4.59. The number of rotatable bonds is 5. The zero-order chi connectivity index (χ0) is 21.4. The molecule has 0 saturated carbocycles. The van der Waals surface area contributed by atoms with E-state index in [4.69, 9.17) is 4.74 Å². The monoisotopic (exact) mass is 446 g/mol. The van der Waals surface area contributed by atoms with Crippen LogP contribution in [-0.4, -0.2) is 24.2 Å². The molecule has 0 amide bonds. The molecule has 1 aliphatic rings. The molecule has 2 heterocycles. The van der Waals surface area contributed by atoms with Crippen molar-refractivity contribution in [3.05, 3.63) is 77.3 Å². The lowest BCUT2D eigenvalue weighted by atomic mass is 10.1. The minimum absolute atomic E-state index is 0.122. The number of aromatic nitrogens is 1. The van der Waals surface area contributed by atoms with Gasteiger partial charge < -0.3 is 14.7 Å². The molecule has 5 rings (SSSR count). The summed E-state index contributed by atoms with van der Waals surface area (Å²) in [6.45, 7) is 0. The fourth-order valence-electron chi connectivity index (χ4n) is 3.94. The topological polar surface area (TPSA) is 45.6 Å². The summed E-state index contributed by atoms with van der Waals surface area (Å²) in [7, 11) is 3.81. The van der Waals surface area contributed by atoms with Crippen LogP contribution in [-0.2, 0) is 12.8 Å². The molecule has 6 heteroatoms. The fourth-order valence-corrected chi connectivity index (χ4v) is 6.22. The Bertz CT molecular complexity index is 1240. The van der Waals surface area contributed by atoms with Crippen molar-refractivity contribution in [3.63, 3.8) is 0 Å². The van der Waals surface area contributed by atoms with Crippen molar-refractivity contribution in [2.45, 2.75) is 22.6 Å². The van der Waals surface area contributed by atoms with E-state index in [-0.39, 0.29) is 5.88 Å². The molecule has 1 aliphatic heterocycles. The molecule has 0 spiro atoms. The summed E-state index contributed by atoms with van der Waals surface area (Å²) in [6.07, 6.45) is 1.65. The number of thiazole rings is 1. The predicted molar refractivity (Wildman–Crippen MR) is 128 cm³/mol. The third-order valence-corrected chi connectivity index (χ3v) is 7.84. The smallest absolute Gasteiger partial charge is 0.230 e. The van der Waals surface area contributed by atoms with E-state index in [0.29, 0.717) is 0 Å². The van der Waals surface area contributed by atoms with E-state index in [1.54, 1.807) is 30.2 Å². The lowest BCUT2D eigenvalue weighted by molar-refractivity contribution is 0.414. The SMILES string of the molecule is COc1cccc2c1N(C)c1cccc(CCc3nc(O)c(-c4ccccc4)s3)c1S2. The Hall–Kier alpha value is -2.96. The maximum Gasteiger partial charge on any atom is 0.230 e. The Morgan fingerprint density at radius 1 is 0.968 bits per heavy atom. The van der Waals surface area contributed by atoms with E-state index in [1.807, 2.05) is 42.5 Å². The molecule has 1 aromatic heterocycles. The van der Waals surface area contributed by atoms with E-state index >= 15 is 0 Å². The van der Waals surface area contributed by atoms with E-state index in [1.165, 1.54) is 21.0 Å². The number of fused-ring (bicyclic) bond motifs is 2. The van der Waals surface area contributed by atoms with Gasteiger partial charge in [-0.3, -0.25) is 0 Å². The first-order valence-corrected chi connectivity index (χ1v) is 11.7. The van der Waals surface area contributed by atoms with Gasteiger partial charge in [0.25, 0.3) is 0 Å². The van der Waals surface area contributed by atoms with Crippen molar-refractivity contribution in [1.82, 2.24) is 4.98 Å². The first-order valence-electron chi connectivity index (χ1n) is 10.1. The van der Waals surface area contributed by atoms with Crippen LogP contribution >= 0.6 is 23.1 Å². The van der Waals surface area contributed by atoms with E-state index < -0.39 is 0 Å². The van der Waals surface area contributed by atoms with Gasteiger partial charge in [0.05, 0.1) is 28.4 Å². The number of para-hydroxylation sites is 1. The van der Waals surface area contributed by atoms with Gasteiger partial charge in [0.15, 0.2) is 0 Å². The molecule has 0 radical (unpaired) electrons. The van der Waals surface area contributed by atoms with Crippen molar-refractivity contribution in [2.24, 2.45) is 0 Å². The van der Waals surface area contributed by atoms with Crippen LogP contribution in [0.1, 0.15) is 10.6 Å². The van der Waals surface area contributed by atoms with E-state index in [9.17, 15) is 5.11 Å². The highest BCUT2D eigenvalue weighted by Gasteiger charge is 2.25. The number of benzene rings is 3. The summed E-state index contributed by atoms with van der Waals surface area (Å²) < 4.78 is 5.60. The molecule has 0 unspecified atom stereocenters. The van der Waals surface area contributed by atoms with Crippen LogP contribution in [0.5, 0.6) is 11.6 Å². The second kappa shape index (κ2) is 8.29. The van der Waals surface area contributed by atoms with Gasteiger partial charge in [-0.1, -0.05) is 60.3 Å². The molecule has 0 aliphatic carbocycles. The maximum absolute atomic E-state index is 10.3. The fraction of sp³-hybridized carbons (Fsp3) is 0.160. The predicted octanol–water partition coefficient (Wildman–Crippen LogP) is 6.54. The first kappa shape index (κ1) is 20.0. The van der Waals surface area contributed by atoms with Crippen molar-refractivity contribution in [1.29, 1.82) is 0 Å². The minimum atomic E-state index is 0.122. The van der Waals surface area contributed by atoms with Gasteiger partial charge in [0, 0.05) is 23.3 Å². The third kappa shape index (κ3) is 3.66. The lowest BCUT2D eigenvalue weighted by Gasteiger charge is -2.32. The molecule has 156 valence electrons. The minimum Gasteiger partial charge on any atom is -0.495 e. The van der Waals surface area contributed by atoms with Gasteiger partial charge in [-0.15, -0.1) is 11.3 Å². The average Bonchev–Trinajstić information content (AvgIpc) is 3.18. The summed E-state index contributed by atoms with van der Waals surface area (Å²) in [4.78, 5) is 9.94. The summed E-state index contributed by atoms with van der Waals surface area (Å²) in [5.74, 6) is 1.01. The highest BCUT2D eigenvalue weighted by Crippen LogP contribution is 2.52. The second-order valence-corrected chi connectivity index (χ2v) is 9.50. The molecular weight excluding hydrogens is 424 g/mol. The van der Waals surface area contributed by atoms with Crippen LogP contribution in [0.2, 0.25) is 0 Å². The van der Waals surface area contributed by atoms with Crippen LogP contribution in [0.3, 0.4) is 0 Å². The van der Waals surface area contributed by atoms with Crippen LogP contribution in [0.15, 0.2) is 76.5 Å². The number of hydrogen-bond donors (Lipinski definition) is 1. The van der Waals surface area contributed by atoms with Crippen LogP contribution in [0.25, 0.3) is 10.4 Å². The number of anilines is 2. The Morgan fingerprint density at radius 2 is 1.77 bits per heavy atom. The molecule has 0 atom stereocenters. The van der Waals surface area contributed by atoms with Crippen LogP contribution in [0.4, 0.5) is 11.4 Å². The van der Waals surface area contributed by atoms with Crippen molar-refractivity contribution < 1.29 is 9.84 Å². The molecule has 31 heavy (non-hydrogen) atoms. The zero-order valence-corrected chi connectivity index (χ0v) is 19.0. The highest BCUT2D eigenvalue weighted by molar-refractivity contribution is 7.99. The highest BCUT2D eigenvalue weighted by atomic mass is 32.2. The normalized spacial score (nSPS) is 12.4. The molecule has 3 aromatic carbocycles. The number of nitrogens with zero attached hydrogens (tertiary/aromatic N) is 2. The largest absolute Gasteiger partial charge is 0.495 e. The number of hydrogen-bond acceptors (Lipinski definition) is 6. The molecule has 0 saturated heterocycles. The number of ether oxygens (including phenoxy) is 1. The van der Waals surface area contributed by atoms with E-state index in [0.717, 1.165) is 39.7 Å². The average molecular weight is 447 g/mol. The van der Waals surface area contributed by atoms with E-state index in [2.05, 4.69) is 41.2 Å². The van der Waals surface area contributed by atoms with Gasteiger partial charge >= 0.3 is 0 Å². The second-order valence-electron chi connectivity index (χ2n) is 7.36. The lowest BCUT2D eigenvalue weighted by Crippen LogP contribution is -2.16. The van der Waals surface area contributed by atoms with Gasteiger partial charge in [-0.25, -0.2) is 4.98 Å². The standard InChI is InChI=1S/C25H22N2O2S2/c1-27-18-11-6-10-17(23(18)30-20-13-7-12-19(29-2)22(20)27)14-15-21-26-25(28)24(31-21)16-8-4-3-5-9-16/h3-13,28H,14-15H2,1-2H3. The maximum atomic E-state index is 10.3. The van der Waals surface area contributed by atoms with Crippen LogP contribution in [0, 0.1) is 0 Å². The summed E-state index contributed by atoms with van der Waals surface area (Å²) >= 11 is 3.36. The van der Waals surface area contributed by atoms with Gasteiger partial charge in [0.2, 0.25) is 5.88 Å². The third-order valence-electron chi connectivity index (χ3n) is 5.46. The number of aromatic hydroxyl groups is 1. The molecule has 4 aromatic rings. The van der Waals surface area contributed by atoms with Gasteiger partial charge in [-0.2, -0.15) is 0 Å². The van der Waals surface area contributed by atoms with Crippen molar-refractivity contribution in [3.8, 4) is 22.1 Å². The van der Waals surface area contributed by atoms with Gasteiger partial charge in [-0.05, 0) is 35.7 Å². The van der Waals surface area contributed by atoms with Crippen molar-refractivity contribution >= 4 is 34.5 Å². The Labute approximate surface area is 190 Å². The molecule has 4 nitrogen and oxygen atoms in total. The van der Waals surface area contributed by atoms with Crippen molar-refractivity contribution in [2.75, 3.05) is 19.1 Å². The van der Waals surface area contributed by atoms with Gasteiger partial charge in [0.1, 0.15) is 5.75 Å². The molecule has 0 bridgehead atoms. The Balaban J connectivity index is 1.41. The van der Waals surface area contributed by atoms with Crippen LogP contribution < -0.4 is 9.64 Å². The molecular formula is C25H22N2O2S2. The number of methoxy groups -OCH3 is 1. The molecule has 0 fully saturated rings. The zero-order valence-electron chi connectivity index (χ0n) is 17.3. The summed E-state index contributed by atoms with van der Waals surface area (Å²) in [5, 5.41) is 11.3. The molecule has 1 N–H and O–H groups in total. The Kier molecular flexibility index (Phi) is 5.34.